The maximum absolute atomic E-state index is 12.2. The van der Waals surface area contributed by atoms with E-state index in [1.165, 1.54) is 12.1 Å². The van der Waals surface area contributed by atoms with Crippen LogP contribution in [0.2, 0.25) is 0 Å². The first-order chi connectivity index (χ1) is 9.33. The first kappa shape index (κ1) is 16.8. The lowest BCUT2D eigenvalue weighted by Gasteiger charge is -2.21. The van der Waals surface area contributed by atoms with Crippen LogP contribution < -0.4 is 10.1 Å². The fourth-order valence-electron chi connectivity index (χ4n) is 2.01. The van der Waals surface area contributed by atoms with Crippen molar-refractivity contribution in [2.24, 2.45) is 5.92 Å². The molecule has 2 unspecified atom stereocenters. The molecule has 0 amide bonds. The molecule has 5 heteroatoms. The largest absolute Gasteiger partial charge is 0.573 e. The van der Waals surface area contributed by atoms with Gasteiger partial charge in [0.25, 0.3) is 0 Å². The summed E-state index contributed by atoms with van der Waals surface area (Å²) in [5.74, 6) is 0.342. The Morgan fingerprint density at radius 1 is 1.25 bits per heavy atom. The Labute approximate surface area is 118 Å². The van der Waals surface area contributed by atoms with Crippen LogP contribution in [0.15, 0.2) is 24.3 Å². The monoisotopic (exact) mass is 289 g/mol. The number of hydrogen-bond donors (Lipinski definition) is 1. The Morgan fingerprint density at radius 2 is 1.95 bits per heavy atom. The number of alkyl halides is 3. The van der Waals surface area contributed by atoms with E-state index in [0.717, 1.165) is 25.1 Å². The van der Waals surface area contributed by atoms with Gasteiger partial charge in [-0.15, -0.1) is 13.2 Å². The van der Waals surface area contributed by atoms with Crippen LogP contribution in [0.4, 0.5) is 13.2 Å². The molecule has 0 radical (unpaired) electrons. The molecule has 0 bridgehead atoms. The van der Waals surface area contributed by atoms with Crippen LogP contribution >= 0.6 is 0 Å². The third-order valence-electron chi connectivity index (χ3n) is 3.36. The fourth-order valence-corrected chi connectivity index (χ4v) is 2.01. The van der Waals surface area contributed by atoms with Crippen molar-refractivity contribution in [2.45, 2.75) is 39.5 Å². The zero-order valence-corrected chi connectivity index (χ0v) is 12.1. The van der Waals surface area contributed by atoms with Gasteiger partial charge in [-0.2, -0.15) is 0 Å². The molecular weight excluding hydrogens is 267 g/mol. The molecule has 1 N–H and O–H groups in total. The highest BCUT2D eigenvalue weighted by atomic mass is 19.4. The molecule has 0 aliphatic rings. The molecule has 2 atom stereocenters. The van der Waals surface area contributed by atoms with Gasteiger partial charge in [-0.3, -0.25) is 0 Å². The Hall–Kier alpha value is -1.23. The van der Waals surface area contributed by atoms with Gasteiger partial charge < -0.3 is 10.1 Å². The second-order valence-corrected chi connectivity index (χ2v) is 5.09. The third kappa shape index (κ3) is 5.82. The number of halogens is 3. The van der Waals surface area contributed by atoms with E-state index in [2.05, 4.69) is 23.9 Å². The van der Waals surface area contributed by atoms with Crippen molar-refractivity contribution in [1.29, 1.82) is 0 Å². The van der Waals surface area contributed by atoms with Crippen LogP contribution in [-0.4, -0.2) is 19.5 Å². The maximum Gasteiger partial charge on any atom is 0.573 e. The van der Waals surface area contributed by atoms with E-state index in [1.54, 1.807) is 6.07 Å². The smallest absolute Gasteiger partial charge is 0.406 e. The highest BCUT2D eigenvalue weighted by molar-refractivity contribution is 5.31. The van der Waals surface area contributed by atoms with E-state index in [-0.39, 0.29) is 11.7 Å². The Bertz CT molecular complexity index is 406. The fraction of sp³-hybridized carbons (Fsp3) is 0.600. The molecule has 1 rings (SSSR count). The van der Waals surface area contributed by atoms with E-state index in [4.69, 9.17) is 0 Å². The van der Waals surface area contributed by atoms with Gasteiger partial charge in [-0.25, -0.2) is 0 Å². The van der Waals surface area contributed by atoms with E-state index in [0.29, 0.717) is 5.92 Å². The van der Waals surface area contributed by atoms with Crippen molar-refractivity contribution in [2.75, 3.05) is 13.1 Å². The van der Waals surface area contributed by atoms with Crippen molar-refractivity contribution in [1.82, 2.24) is 5.32 Å². The predicted molar refractivity (Wildman–Crippen MR) is 73.9 cm³/mol. The van der Waals surface area contributed by atoms with Crippen molar-refractivity contribution in [3.63, 3.8) is 0 Å². The van der Waals surface area contributed by atoms with Crippen LogP contribution in [0.1, 0.15) is 38.7 Å². The normalized spacial score (nSPS) is 14.9. The number of rotatable bonds is 7. The first-order valence-electron chi connectivity index (χ1n) is 6.90. The molecule has 0 saturated carbocycles. The summed E-state index contributed by atoms with van der Waals surface area (Å²) in [5.41, 5.74) is 0.859. The molecule has 0 heterocycles. The van der Waals surface area contributed by atoms with Crippen molar-refractivity contribution in [3.05, 3.63) is 29.8 Å². The van der Waals surface area contributed by atoms with Gasteiger partial charge in [-0.05, 0) is 49.0 Å². The Morgan fingerprint density at radius 3 is 2.55 bits per heavy atom. The summed E-state index contributed by atoms with van der Waals surface area (Å²) < 4.78 is 40.6. The molecule has 2 nitrogen and oxygen atoms in total. The summed E-state index contributed by atoms with van der Waals surface area (Å²) in [6.45, 7) is 8.00. The summed E-state index contributed by atoms with van der Waals surface area (Å²) in [6.07, 6.45) is -3.58. The minimum atomic E-state index is -4.64. The van der Waals surface area contributed by atoms with Crippen LogP contribution in [-0.2, 0) is 0 Å². The van der Waals surface area contributed by atoms with Gasteiger partial charge in [0.05, 0.1) is 0 Å². The second kappa shape index (κ2) is 7.53. The van der Waals surface area contributed by atoms with Crippen LogP contribution in [0, 0.1) is 5.92 Å². The molecule has 0 saturated heterocycles. The molecule has 0 fully saturated rings. The SMILES string of the molecule is CCCNCC(C)C(C)c1cccc(OC(F)(F)F)c1. The van der Waals surface area contributed by atoms with E-state index in [9.17, 15) is 13.2 Å². The number of benzene rings is 1. The quantitative estimate of drug-likeness (QED) is 0.755. The van der Waals surface area contributed by atoms with Gasteiger partial charge in [0.2, 0.25) is 0 Å². The number of ether oxygens (including phenoxy) is 1. The molecule has 0 aliphatic carbocycles. The average Bonchev–Trinajstić information content (AvgIpc) is 2.36. The maximum atomic E-state index is 12.2. The highest BCUT2D eigenvalue weighted by Crippen LogP contribution is 2.29. The molecule has 1 aromatic carbocycles. The van der Waals surface area contributed by atoms with Crippen LogP contribution in [0.5, 0.6) is 5.75 Å². The molecular formula is C15H22F3NO. The Balaban J connectivity index is 2.68. The van der Waals surface area contributed by atoms with E-state index >= 15 is 0 Å². The summed E-state index contributed by atoms with van der Waals surface area (Å²) in [7, 11) is 0. The van der Waals surface area contributed by atoms with Gasteiger partial charge in [-0.1, -0.05) is 32.9 Å². The summed E-state index contributed by atoms with van der Waals surface area (Å²) in [5, 5.41) is 3.33. The molecule has 0 aliphatic heterocycles. The van der Waals surface area contributed by atoms with E-state index in [1.807, 2.05) is 13.0 Å². The molecule has 20 heavy (non-hydrogen) atoms. The molecule has 114 valence electrons. The number of hydrogen-bond acceptors (Lipinski definition) is 2. The lowest BCUT2D eigenvalue weighted by Crippen LogP contribution is -2.25. The van der Waals surface area contributed by atoms with Crippen LogP contribution in [0.3, 0.4) is 0 Å². The minimum absolute atomic E-state index is 0.157. The first-order valence-corrected chi connectivity index (χ1v) is 6.90. The predicted octanol–water partition coefficient (Wildman–Crippen LogP) is 4.32. The lowest BCUT2D eigenvalue weighted by atomic mass is 9.89. The zero-order chi connectivity index (χ0) is 15.2. The van der Waals surface area contributed by atoms with Gasteiger partial charge in [0.15, 0.2) is 0 Å². The lowest BCUT2D eigenvalue weighted by molar-refractivity contribution is -0.274. The zero-order valence-electron chi connectivity index (χ0n) is 12.1. The summed E-state index contributed by atoms with van der Waals surface area (Å²) >= 11 is 0. The molecule has 0 spiro atoms. The van der Waals surface area contributed by atoms with Gasteiger partial charge in [0.1, 0.15) is 5.75 Å². The summed E-state index contributed by atoms with van der Waals surface area (Å²) in [6, 6.07) is 6.22. The second-order valence-electron chi connectivity index (χ2n) is 5.09. The topological polar surface area (TPSA) is 21.3 Å². The minimum Gasteiger partial charge on any atom is -0.406 e. The molecule has 0 aromatic heterocycles. The van der Waals surface area contributed by atoms with Crippen LogP contribution in [0.25, 0.3) is 0 Å². The molecule has 1 aromatic rings. The van der Waals surface area contributed by atoms with Gasteiger partial charge >= 0.3 is 6.36 Å². The van der Waals surface area contributed by atoms with Gasteiger partial charge in [0, 0.05) is 0 Å². The van der Waals surface area contributed by atoms with E-state index < -0.39 is 6.36 Å². The summed E-state index contributed by atoms with van der Waals surface area (Å²) in [4.78, 5) is 0. The third-order valence-corrected chi connectivity index (χ3v) is 3.36. The van der Waals surface area contributed by atoms with Crippen molar-refractivity contribution in [3.8, 4) is 5.75 Å². The van der Waals surface area contributed by atoms with Crippen molar-refractivity contribution < 1.29 is 17.9 Å². The Kier molecular flexibility index (Phi) is 6.33. The average molecular weight is 289 g/mol. The highest BCUT2D eigenvalue weighted by Gasteiger charge is 2.31. The standard InChI is InChI=1S/C15H22F3NO/c1-4-8-19-10-11(2)12(3)13-6-5-7-14(9-13)20-15(16,17)18/h5-7,9,11-12,19H,4,8,10H2,1-3H3. The number of nitrogens with one attached hydrogen (secondary N) is 1. The van der Waals surface area contributed by atoms with Crippen molar-refractivity contribution >= 4 is 0 Å².